The van der Waals surface area contributed by atoms with E-state index in [0.29, 0.717) is 28.4 Å². The number of carbonyl (C=O) groups excluding carboxylic acids is 1. The number of aryl methyl sites for hydroxylation is 1. The molecule has 2 aromatic rings. The molecule has 4 atom stereocenters. The summed E-state index contributed by atoms with van der Waals surface area (Å²) in [4.78, 5) is 16.7. The fraction of sp³-hybridized carbons (Fsp3) is 0.741. The van der Waals surface area contributed by atoms with Gasteiger partial charge in [-0.05, 0) is 64.0 Å². The Morgan fingerprint density at radius 3 is 2.41 bits per heavy atom. The molecule has 1 saturated carbocycles. The lowest BCUT2D eigenvalue weighted by molar-refractivity contribution is -0.130. The molecule has 2 aromatic heterocycles. The molecule has 0 spiro atoms. The van der Waals surface area contributed by atoms with Crippen LogP contribution in [-0.2, 0) is 4.79 Å². The van der Waals surface area contributed by atoms with Crippen molar-refractivity contribution in [3.63, 3.8) is 0 Å². The second-order valence-corrected chi connectivity index (χ2v) is 13.2. The molecule has 0 unspecified atom stereocenters. The molecule has 10 heteroatoms. The number of halogens is 3. The second-order valence-electron chi connectivity index (χ2n) is 11.5. The molecule has 1 aliphatic carbocycles. The minimum Gasteiger partial charge on any atom is -0.348 e. The number of piperidine rings is 1. The van der Waals surface area contributed by atoms with E-state index in [2.05, 4.69) is 45.8 Å². The number of hydrogen-bond acceptors (Lipinski definition) is 5. The van der Waals surface area contributed by atoms with Crippen LogP contribution in [0.15, 0.2) is 12.1 Å². The molecular weight excluding hydrogens is 516 g/mol. The Morgan fingerprint density at radius 2 is 1.81 bits per heavy atom. The van der Waals surface area contributed by atoms with Crippen molar-refractivity contribution in [1.29, 1.82) is 0 Å². The van der Waals surface area contributed by atoms with Crippen molar-refractivity contribution in [3.05, 3.63) is 33.0 Å². The van der Waals surface area contributed by atoms with E-state index in [0.717, 1.165) is 42.3 Å². The fourth-order valence-corrected chi connectivity index (χ4v) is 7.87. The van der Waals surface area contributed by atoms with E-state index in [1.54, 1.807) is 0 Å². The first-order valence-electron chi connectivity index (χ1n) is 13.7. The van der Waals surface area contributed by atoms with Gasteiger partial charge in [0.2, 0.25) is 11.8 Å². The molecular formula is C27H38ClF2N5OS. The molecule has 6 nitrogen and oxygen atoms in total. The Hall–Kier alpha value is -1.58. The highest BCUT2D eigenvalue weighted by Crippen LogP contribution is 2.43. The molecule has 4 heterocycles. The van der Waals surface area contributed by atoms with Gasteiger partial charge in [0, 0.05) is 54.2 Å². The molecule has 0 radical (unpaired) electrons. The first-order valence-corrected chi connectivity index (χ1v) is 14.9. The molecule has 204 valence electrons. The van der Waals surface area contributed by atoms with Crippen LogP contribution >= 0.6 is 22.9 Å². The average molecular weight is 554 g/mol. The summed E-state index contributed by atoms with van der Waals surface area (Å²) in [6, 6.07) is 5.14. The van der Waals surface area contributed by atoms with E-state index in [-0.39, 0.29) is 43.6 Å². The number of aromatic nitrogens is 3. The lowest BCUT2D eigenvalue weighted by atomic mass is 9.86. The van der Waals surface area contributed by atoms with E-state index in [9.17, 15) is 13.6 Å². The highest BCUT2D eigenvalue weighted by atomic mass is 35.5. The Bertz CT molecular complexity index is 1080. The summed E-state index contributed by atoms with van der Waals surface area (Å²) in [5.41, 5.74) is 0. The minimum atomic E-state index is -2.63. The number of rotatable bonds is 8. The number of alkyl halides is 2. The van der Waals surface area contributed by atoms with Gasteiger partial charge >= 0.3 is 0 Å². The third-order valence-corrected chi connectivity index (χ3v) is 10.00. The summed E-state index contributed by atoms with van der Waals surface area (Å²) in [5.74, 6) is -0.658. The predicted molar refractivity (Wildman–Crippen MR) is 142 cm³/mol. The zero-order valence-electron chi connectivity index (χ0n) is 21.9. The molecule has 3 fully saturated rings. The van der Waals surface area contributed by atoms with Crippen LogP contribution < -0.4 is 5.32 Å². The van der Waals surface area contributed by atoms with Crippen molar-refractivity contribution < 1.29 is 13.6 Å². The standard InChI is InChI=1S/C27H38ClF2N5OS/c1-16(2)25-33-32-17(3)35(25)21-14-19-4-5-20(15-21)34(19)13-10-22(23-6-7-24(28)37-23)31-26(36)18-8-11-27(29,30)12-9-18/h6-7,16,18-22H,4-5,8-15H2,1-3H3,(H,31,36)/t19-,20+,21-,22-/m0/s1. The normalized spacial score (nSPS) is 27.1. The van der Waals surface area contributed by atoms with Crippen molar-refractivity contribution in [2.45, 2.75) is 115 Å². The van der Waals surface area contributed by atoms with Gasteiger partial charge in [0.05, 0.1) is 10.4 Å². The highest BCUT2D eigenvalue weighted by Gasteiger charge is 2.43. The summed E-state index contributed by atoms with van der Waals surface area (Å²) in [6.45, 7) is 7.30. The zero-order valence-corrected chi connectivity index (χ0v) is 23.5. The summed E-state index contributed by atoms with van der Waals surface area (Å²) >= 11 is 7.73. The van der Waals surface area contributed by atoms with Crippen molar-refractivity contribution in [2.75, 3.05) is 6.54 Å². The average Bonchev–Trinajstić information content (AvgIpc) is 3.51. The lowest BCUT2D eigenvalue weighted by Crippen LogP contribution is -2.45. The zero-order chi connectivity index (χ0) is 26.3. The molecule has 1 amide bonds. The number of nitrogens with one attached hydrogen (secondary N) is 1. The van der Waals surface area contributed by atoms with E-state index in [1.165, 1.54) is 24.2 Å². The molecule has 0 aromatic carbocycles. The molecule has 3 aliphatic rings. The number of thiophene rings is 1. The van der Waals surface area contributed by atoms with Gasteiger partial charge in [-0.25, -0.2) is 8.78 Å². The number of carbonyl (C=O) groups is 1. The van der Waals surface area contributed by atoms with Crippen molar-refractivity contribution >= 4 is 28.8 Å². The first kappa shape index (κ1) is 27.0. The maximum absolute atomic E-state index is 13.6. The molecule has 37 heavy (non-hydrogen) atoms. The summed E-state index contributed by atoms with van der Waals surface area (Å²) in [5, 5.41) is 12.0. The van der Waals surface area contributed by atoms with E-state index >= 15 is 0 Å². The molecule has 2 saturated heterocycles. The van der Waals surface area contributed by atoms with Crippen LogP contribution in [0.2, 0.25) is 4.34 Å². The lowest BCUT2D eigenvalue weighted by Gasteiger charge is -2.40. The van der Waals surface area contributed by atoms with Gasteiger partial charge in [0.25, 0.3) is 0 Å². The maximum atomic E-state index is 13.6. The number of hydrogen-bond donors (Lipinski definition) is 1. The van der Waals surface area contributed by atoms with Crippen LogP contribution in [0, 0.1) is 12.8 Å². The monoisotopic (exact) mass is 553 g/mol. The van der Waals surface area contributed by atoms with Crippen LogP contribution in [0.4, 0.5) is 8.78 Å². The Labute approximate surface area is 227 Å². The van der Waals surface area contributed by atoms with Gasteiger partial charge in [0.1, 0.15) is 11.6 Å². The van der Waals surface area contributed by atoms with Crippen molar-refractivity contribution in [3.8, 4) is 0 Å². The SMILES string of the molecule is Cc1nnc(C(C)C)n1[C@@H]1C[C@H]2CC[C@@H](C1)N2CC[C@H](NC(=O)C1CCC(F)(F)CC1)c1ccc(Cl)s1. The largest absolute Gasteiger partial charge is 0.348 e. The van der Waals surface area contributed by atoms with Crippen LogP contribution in [0.1, 0.15) is 106 Å². The smallest absolute Gasteiger partial charge is 0.248 e. The topological polar surface area (TPSA) is 63.1 Å². The van der Waals surface area contributed by atoms with Crippen molar-refractivity contribution in [2.24, 2.45) is 5.92 Å². The Morgan fingerprint density at radius 1 is 1.14 bits per heavy atom. The van der Waals surface area contributed by atoms with Gasteiger partial charge in [-0.1, -0.05) is 25.4 Å². The van der Waals surface area contributed by atoms with Gasteiger partial charge in [-0.15, -0.1) is 21.5 Å². The van der Waals surface area contributed by atoms with E-state index < -0.39 is 5.92 Å². The van der Waals surface area contributed by atoms with E-state index in [1.807, 2.05) is 12.1 Å². The van der Waals surface area contributed by atoms with Crippen LogP contribution in [0.5, 0.6) is 0 Å². The molecule has 2 aliphatic heterocycles. The fourth-order valence-electron chi connectivity index (χ4n) is 6.72. The van der Waals surface area contributed by atoms with Gasteiger partial charge in [0.15, 0.2) is 0 Å². The van der Waals surface area contributed by atoms with Gasteiger partial charge < -0.3 is 9.88 Å². The Kier molecular flexibility index (Phi) is 7.95. The number of amides is 1. The third-order valence-electron chi connectivity index (χ3n) is 8.65. The van der Waals surface area contributed by atoms with Crippen LogP contribution in [-0.4, -0.2) is 50.1 Å². The Balaban J connectivity index is 1.24. The minimum absolute atomic E-state index is 0.101. The number of fused-ring (bicyclic) bond motifs is 2. The number of nitrogens with zero attached hydrogens (tertiary/aromatic N) is 4. The van der Waals surface area contributed by atoms with Crippen molar-refractivity contribution in [1.82, 2.24) is 25.0 Å². The second kappa shape index (κ2) is 10.9. The molecule has 5 rings (SSSR count). The first-order chi connectivity index (χ1) is 17.6. The predicted octanol–water partition coefficient (Wildman–Crippen LogP) is 6.67. The van der Waals surface area contributed by atoms with E-state index in [4.69, 9.17) is 11.6 Å². The highest BCUT2D eigenvalue weighted by molar-refractivity contribution is 7.16. The quantitative estimate of drug-likeness (QED) is 0.397. The van der Waals surface area contributed by atoms with Gasteiger partial charge in [-0.2, -0.15) is 0 Å². The van der Waals surface area contributed by atoms with Gasteiger partial charge in [-0.3, -0.25) is 9.69 Å². The van der Waals surface area contributed by atoms with Crippen LogP contribution in [0.3, 0.4) is 0 Å². The third kappa shape index (κ3) is 5.88. The molecule has 2 bridgehead atoms. The summed E-state index contributed by atoms with van der Waals surface area (Å²) in [7, 11) is 0. The summed E-state index contributed by atoms with van der Waals surface area (Å²) in [6.07, 6.45) is 5.43. The molecule has 1 N–H and O–H groups in total. The maximum Gasteiger partial charge on any atom is 0.248 e. The summed E-state index contributed by atoms with van der Waals surface area (Å²) < 4.78 is 30.3. The van der Waals surface area contributed by atoms with Crippen LogP contribution in [0.25, 0.3) is 0 Å².